The number of hydrogen-bond acceptors (Lipinski definition) is 2. The SMILES string of the molecule is CC=CCOCCNCC. The van der Waals surface area contributed by atoms with E-state index >= 15 is 0 Å². The summed E-state index contributed by atoms with van der Waals surface area (Å²) in [4.78, 5) is 0. The lowest BCUT2D eigenvalue weighted by Gasteiger charge is -2.00. The molecule has 0 atom stereocenters. The molecule has 60 valence electrons. The maximum absolute atomic E-state index is 5.23. The van der Waals surface area contributed by atoms with Crippen LogP contribution in [0.5, 0.6) is 0 Å². The highest BCUT2D eigenvalue weighted by Gasteiger charge is 1.81. The monoisotopic (exact) mass is 143 g/mol. The lowest BCUT2D eigenvalue weighted by Crippen LogP contribution is -2.18. The Hall–Kier alpha value is -0.340. The van der Waals surface area contributed by atoms with Gasteiger partial charge in [0.1, 0.15) is 0 Å². The van der Waals surface area contributed by atoms with E-state index in [2.05, 4.69) is 12.2 Å². The Morgan fingerprint density at radius 1 is 1.50 bits per heavy atom. The number of rotatable bonds is 6. The van der Waals surface area contributed by atoms with Crippen LogP contribution < -0.4 is 5.32 Å². The van der Waals surface area contributed by atoms with Crippen molar-refractivity contribution in [1.82, 2.24) is 5.32 Å². The molecule has 0 fully saturated rings. The van der Waals surface area contributed by atoms with E-state index in [0.29, 0.717) is 0 Å². The summed E-state index contributed by atoms with van der Waals surface area (Å²) in [7, 11) is 0. The predicted octanol–water partition coefficient (Wildman–Crippen LogP) is 1.19. The lowest BCUT2D eigenvalue weighted by molar-refractivity contribution is 0.164. The zero-order chi connectivity index (χ0) is 7.66. The van der Waals surface area contributed by atoms with Gasteiger partial charge >= 0.3 is 0 Å². The van der Waals surface area contributed by atoms with Crippen molar-refractivity contribution in [2.45, 2.75) is 13.8 Å². The summed E-state index contributed by atoms with van der Waals surface area (Å²) in [5.74, 6) is 0. The maximum atomic E-state index is 5.23. The topological polar surface area (TPSA) is 21.3 Å². The minimum atomic E-state index is 0.738. The minimum absolute atomic E-state index is 0.738. The average molecular weight is 143 g/mol. The Kier molecular flexibility index (Phi) is 8.37. The van der Waals surface area contributed by atoms with Crippen molar-refractivity contribution in [2.24, 2.45) is 0 Å². The van der Waals surface area contributed by atoms with Crippen molar-refractivity contribution in [3.8, 4) is 0 Å². The summed E-state index contributed by atoms with van der Waals surface area (Å²) in [6.07, 6.45) is 4.00. The van der Waals surface area contributed by atoms with Gasteiger partial charge < -0.3 is 10.1 Å². The minimum Gasteiger partial charge on any atom is -0.376 e. The standard InChI is InChI=1S/C8H17NO/c1-3-5-7-10-8-6-9-4-2/h3,5,9H,4,6-8H2,1-2H3. The van der Waals surface area contributed by atoms with Crippen LogP contribution in [0.25, 0.3) is 0 Å². The lowest BCUT2D eigenvalue weighted by atomic mass is 10.5. The summed E-state index contributed by atoms with van der Waals surface area (Å²) in [6.45, 7) is 7.60. The molecule has 0 aromatic rings. The molecule has 2 heteroatoms. The highest BCUT2D eigenvalue weighted by molar-refractivity contribution is 4.75. The quantitative estimate of drug-likeness (QED) is 0.445. The van der Waals surface area contributed by atoms with Crippen molar-refractivity contribution in [3.05, 3.63) is 12.2 Å². The van der Waals surface area contributed by atoms with E-state index in [1.807, 2.05) is 19.1 Å². The molecule has 0 unspecified atom stereocenters. The van der Waals surface area contributed by atoms with Gasteiger partial charge in [0.25, 0.3) is 0 Å². The van der Waals surface area contributed by atoms with E-state index < -0.39 is 0 Å². The van der Waals surface area contributed by atoms with E-state index in [9.17, 15) is 0 Å². The second-order valence-corrected chi connectivity index (χ2v) is 2.00. The first-order valence-electron chi connectivity index (χ1n) is 3.81. The molecule has 0 saturated heterocycles. The number of allylic oxidation sites excluding steroid dienone is 1. The van der Waals surface area contributed by atoms with Gasteiger partial charge in [-0.25, -0.2) is 0 Å². The van der Waals surface area contributed by atoms with Crippen molar-refractivity contribution < 1.29 is 4.74 Å². The molecule has 0 aromatic heterocycles. The smallest absolute Gasteiger partial charge is 0.0647 e. The van der Waals surface area contributed by atoms with Gasteiger partial charge in [0.15, 0.2) is 0 Å². The van der Waals surface area contributed by atoms with E-state index in [0.717, 1.165) is 26.3 Å². The second-order valence-electron chi connectivity index (χ2n) is 2.00. The van der Waals surface area contributed by atoms with Crippen LogP contribution in [0.2, 0.25) is 0 Å². The summed E-state index contributed by atoms with van der Waals surface area (Å²) >= 11 is 0. The molecule has 0 spiro atoms. The summed E-state index contributed by atoms with van der Waals surface area (Å²) < 4.78 is 5.23. The normalized spacial score (nSPS) is 11.0. The van der Waals surface area contributed by atoms with Gasteiger partial charge in [-0.1, -0.05) is 19.1 Å². The number of nitrogens with one attached hydrogen (secondary N) is 1. The largest absolute Gasteiger partial charge is 0.376 e. The summed E-state index contributed by atoms with van der Waals surface area (Å²) in [5, 5.41) is 3.18. The Morgan fingerprint density at radius 2 is 2.30 bits per heavy atom. The van der Waals surface area contributed by atoms with E-state index in [-0.39, 0.29) is 0 Å². The van der Waals surface area contributed by atoms with Gasteiger partial charge in [0.2, 0.25) is 0 Å². The molecule has 0 radical (unpaired) electrons. The van der Waals surface area contributed by atoms with Crippen LogP contribution in [-0.2, 0) is 4.74 Å². The molecule has 0 aliphatic carbocycles. The first kappa shape index (κ1) is 9.66. The highest BCUT2D eigenvalue weighted by atomic mass is 16.5. The van der Waals surface area contributed by atoms with Gasteiger partial charge in [-0.3, -0.25) is 0 Å². The molecule has 0 aliphatic heterocycles. The first-order valence-corrected chi connectivity index (χ1v) is 3.81. The van der Waals surface area contributed by atoms with Crippen LogP contribution in [-0.4, -0.2) is 26.3 Å². The van der Waals surface area contributed by atoms with Gasteiger partial charge in [0.05, 0.1) is 13.2 Å². The van der Waals surface area contributed by atoms with Gasteiger partial charge in [0, 0.05) is 6.54 Å². The molecule has 2 nitrogen and oxygen atoms in total. The molecule has 0 heterocycles. The van der Waals surface area contributed by atoms with Crippen LogP contribution in [0.15, 0.2) is 12.2 Å². The van der Waals surface area contributed by atoms with Crippen molar-refractivity contribution >= 4 is 0 Å². The first-order chi connectivity index (χ1) is 4.91. The molecule has 1 N–H and O–H groups in total. The van der Waals surface area contributed by atoms with Crippen LogP contribution >= 0.6 is 0 Å². The average Bonchev–Trinajstić information content (AvgIpc) is 1.97. The van der Waals surface area contributed by atoms with E-state index in [4.69, 9.17) is 4.74 Å². The van der Waals surface area contributed by atoms with Gasteiger partial charge in [-0.15, -0.1) is 0 Å². The Morgan fingerprint density at radius 3 is 2.90 bits per heavy atom. The van der Waals surface area contributed by atoms with Crippen LogP contribution in [0, 0.1) is 0 Å². The zero-order valence-electron chi connectivity index (χ0n) is 6.89. The fourth-order valence-electron chi connectivity index (χ4n) is 0.569. The van der Waals surface area contributed by atoms with E-state index in [1.165, 1.54) is 0 Å². The third kappa shape index (κ3) is 7.66. The van der Waals surface area contributed by atoms with Crippen LogP contribution in [0.1, 0.15) is 13.8 Å². The van der Waals surface area contributed by atoms with Crippen molar-refractivity contribution in [3.63, 3.8) is 0 Å². The third-order valence-electron chi connectivity index (χ3n) is 1.12. The Labute approximate surface area is 63.3 Å². The van der Waals surface area contributed by atoms with Crippen molar-refractivity contribution in [1.29, 1.82) is 0 Å². The second kappa shape index (κ2) is 8.66. The molecule has 0 rings (SSSR count). The Bertz CT molecular complexity index is 81.3. The van der Waals surface area contributed by atoms with Crippen molar-refractivity contribution in [2.75, 3.05) is 26.3 Å². The molecular formula is C8H17NO. The highest BCUT2D eigenvalue weighted by Crippen LogP contribution is 1.75. The number of likely N-dealkylation sites (N-methyl/N-ethyl adjacent to an activating group) is 1. The molecule has 0 saturated carbocycles. The maximum Gasteiger partial charge on any atom is 0.0647 e. The number of hydrogen-bond donors (Lipinski definition) is 1. The van der Waals surface area contributed by atoms with Crippen LogP contribution in [0.3, 0.4) is 0 Å². The van der Waals surface area contributed by atoms with Crippen LogP contribution in [0.4, 0.5) is 0 Å². The number of ether oxygens (including phenoxy) is 1. The predicted molar refractivity (Wildman–Crippen MR) is 44.2 cm³/mol. The molecule has 0 bridgehead atoms. The zero-order valence-corrected chi connectivity index (χ0v) is 6.89. The van der Waals surface area contributed by atoms with Gasteiger partial charge in [-0.2, -0.15) is 0 Å². The molecule has 0 amide bonds. The molecule has 0 aliphatic rings. The summed E-state index contributed by atoms with van der Waals surface area (Å²) in [5.41, 5.74) is 0. The summed E-state index contributed by atoms with van der Waals surface area (Å²) in [6, 6.07) is 0. The Balaban J connectivity index is 2.77. The fourth-order valence-corrected chi connectivity index (χ4v) is 0.569. The van der Waals surface area contributed by atoms with E-state index in [1.54, 1.807) is 0 Å². The fraction of sp³-hybridized carbons (Fsp3) is 0.750. The third-order valence-corrected chi connectivity index (χ3v) is 1.12. The molecule has 10 heavy (non-hydrogen) atoms. The van der Waals surface area contributed by atoms with Gasteiger partial charge in [-0.05, 0) is 13.5 Å². The molecule has 0 aromatic carbocycles. The molecular weight excluding hydrogens is 126 g/mol.